The van der Waals surface area contributed by atoms with Crippen LogP contribution in [0.15, 0.2) is 0 Å². The minimum atomic E-state index is 0.175. The van der Waals surface area contributed by atoms with E-state index in [-0.39, 0.29) is 6.03 Å². The van der Waals surface area contributed by atoms with E-state index in [1.165, 1.54) is 32.1 Å². The van der Waals surface area contributed by atoms with Crippen LogP contribution in [0.25, 0.3) is 0 Å². The van der Waals surface area contributed by atoms with Gasteiger partial charge >= 0.3 is 6.03 Å². The fraction of sp³-hybridized carbons (Fsp3) is 0.923. The molecule has 2 aliphatic heterocycles. The van der Waals surface area contributed by atoms with Gasteiger partial charge in [0.2, 0.25) is 0 Å². The zero-order chi connectivity index (χ0) is 11.7. The normalized spacial score (nSPS) is 35.3. The molecule has 1 saturated carbocycles. The summed E-state index contributed by atoms with van der Waals surface area (Å²) in [5.41, 5.74) is 0. The lowest BCUT2D eigenvalue weighted by Gasteiger charge is -2.27. The molecule has 0 spiro atoms. The van der Waals surface area contributed by atoms with Crippen LogP contribution in [0.2, 0.25) is 0 Å². The highest BCUT2D eigenvalue weighted by Crippen LogP contribution is 2.29. The molecule has 2 amide bonds. The number of hydrogen-bond donors (Lipinski definition) is 2. The van der Waals surface area contributed by atoms with Gasteiger partial charge in [0, 0.05) is 19.1 Å². The van der Waals surface area contributed by atoms with E-state index in [0.29, 0.717) is 12.1 Å². The van der Waals surface area contributed by atoms with E-state index in [1.54, 1.807) is 0 Å². The van der Waals surface area contributed by atoms with Gasteiger partial charge in [-0.25, -0.2) is 4.79 Å². The number of carbonyl (C=O) groups is 1. The van der Waals surface area contributed by atoms with Crippen LogP contribution in [-0.4, -0.2) is 42.6 Å². The molecule has 0 aromatic heterocycles. The Morgan fingerprint density at radius 2 is 1.94 bits per heavy atom. The molecule has 4 nitrogen and oxygen atoms in total. The van der Waals surface area contributed by atoms with Crippen molar-refractivity contribution in [3.05, 3.63) is 0 Å². The molecular weight excluding hydrogens is 214 g/mol. The second-order valence-corrected chi connectivity index (χ2v) is 5.75. The minimum Gasteiger partial charge on any atom is -0.333 e. The number of rotatable bonds is 2. The molecule has 2 atom stereocenters. The molecule has 17 heavy (non-hydrogen) atoms. The molecule has 96 valence electrons. The first-order chi connectivity index (χ1) is 8.34. The van der Waals surface area contributed by atoms with Crippen LogP contribution in [0.5, 0.6) is 0 Å². The highest BCUT2D eigenvalue weighted by molar-refractivity contribution is 5.77. The monoisotopic (exact) mass is 237 g/mol. The summed E-state index contributed by atoms with van der Waals surface area (Å²) in [5.74, 6) is 0.729. The third kappa shape index (κ3) is 2.28. The Balaban J connectivity index is 1.60. The average Bonchev–Trinajstić information content (AvgIpc) is 2.99. The summed E-state index contributed by atoms with van der Waals surface area (Å²) in [4.78, 5) is 14.1. The zero-order valence-corrected chi connectivity index (χ0v) is 10.5. The molecule has 0 aromatic rings. The zero-order valence-electron chi connectivity index (χ0n) is 10.5. The van der Waals surface area contributed by atoms with Crippen LogP contribution < -0.4 is 10.6 Å². The van der Waals surface area contributed by atoms with E-state index in [2.05, 4.69) is 15.5 Å². The molecule has 1 aliphatic carbocycles. The maximum Gasteiger partial charge on any atom is 0.318 e. The van der Waals surface area contributed by atoms with Gasteiger partial charge in [0.15, 0.2) is 0 Å². The van der Waals surface area contributed by atoms with Gasteiger partial charge < -0.3 is 15.5 Å². The van der Waals surface area contributed by atoms with E-state index in [4.69, 9.17) is 0 Å². The molecule has 2 N–H and O–H groups in total. The number of carbonyl (C=O) groups excluding carboxylic acids is 1. The van der Waals surface area contributed by atoms with Crippen molar-refractivity contribution in [2.75, 3.05) is 19.6 Å². The summed E-state index contributed by atoms with van der Waals surface area (Å²) in [7, 11) is 0. The first kappa shape index (κ1) is 11.3. The lowest BCUT2D eigenvalue weighted by Crippen LogP contribution is -2.39. The topological polar surface area (TPSA) is 44.4 Å². The van der Waals surface area contributed by atoms with Crippen molar-refractivity contribution in [2.45, 2.75) is 50.6 Å². The second-order valence-electron chi connectivity index (χ2n) is 5.75. The van der Waals surface area contributed by atoms with Crippen molar-refractivity contribution in [3.8, 4) is 0 Å². The van der Waals surface area contributed by atoms with E-state index in [0.717, 1.165) is 32.0 Å². The van der Waals surface area contributed by atoms with Crippen molar-refractivity contribution in [2.24, 2.45) is 5.92 Å². The van der Waals surface area contributed by atoms with Crippen molar-refractivity contribution < 1.29 is 4.79 Å². The Morgan fingerprint density at radius 1 is 1.12 bits per heavy atom. The summed E-state index contributed by atoms with van der Waals surface area (Å²) in [6.07, 6.45) is 7.81. The maximum atomic E-state index is 12.0. The molecule has 2 saturated heterocycles. The molecule has 0 bridgehead atoms. The van der Waals surface area contributed by atoms with Gasteiger partial charge in [-0.05, 0) is 31.7 Å². The van der Waals surface area contributed by atoms with E-state index >= 15 is 0 Å². The third-order valence-corrected chi connectivity index (χ3v) is 4.66. The molecule has 3 rings (SSSR count). The highest BCUT2D eigenvalue weighted by Gasteiger charge is 2.38. The van der Waals surface area contributed by atoms with Crippen LogP contribution in [0.4, 0.5) is 4.79 Å². The van der Waals surface area contributed by atoms with Crippen molar-refractivity contribution >= 4 is 6.03 Å². The van der Waals surface area contributed by atoms with Gasteiger partial charge in [0.25, 0.3) is 0 Å². The lowest BCUT2D eigenvalue weighted by atomic mass is 9.84. The second kappa shape index (κ2) is 4.84. The fourth-order valence-corrected chi connectivity index (χ4v) is 3.61. The smallest absolute Gasteiger partial charge is 0.318 e. The Labute approximate surface area is 103 Å². The van der Waals surface area contributed by atoms with Crippen LogP contribution >= 0.6 is 0 Å². The number of nitrogens with zero attached hydrogens (tertiary/aromatic N) is 1. The average molecular weight is 237 g/mol. The molecule has 0 aromatic carbocycles. The third-order valence-electron chi connectivity index (χ3n) is 4.66. The van der Waals surface area contributed by atoms with Gasteiger partial charge in [-0.1, -0.05) is 19.3 Å². The van der Waals surface area contributed by atoms with Crippen molar-refractivity contribution in [1.29, 1.82) is 0 Å². The first-order valence-electron chi connectivity index (χ1n) is 7.12. The van der Waals surface area contributed by atoms with Crippen molar-refractivity contribution in [1.82, 2.24) is 15.5 Å². The van der Waals surface area contributed by atoms with Gasteiger partial charge in [-0.3, -0.25) is 0 Å². The predicted molar refractivity (Wildman–Crippen MR) is 66.9 cm³/mol. The summed E-state index contributed by atoms with van der Waals surface area (Å²) < 4.78 is 0. The molecule has 2 unspecified atom stereocenters. The largest absolute Gasteiger partial charge is 0.333 e. The van der Waals surface area contributed by atoms with E-state index in [9.17, 15) is 4.79 Å². The number of nitrogens with one attached hydrogen (secondary N) is 2. The summed E-state index contributed by atoms with van der Waals surface area (Å²) in [6, 6.07) is 1.03. The first-order valence-corrected chi connectivity index (χ1v) is 7.12. The van der Waals surface area contributed by atoms with Crippen LogP contribution in [0.1, 0.15) is 38.5 Å². The van der Waals surface area contributed by atoms with E-state index < -0.39 is 0 Å². The Kier molecular flexibility index (Phi) is 3.23. The van der Waals surface area contributed by atoms with Crippen molar-refractivity contribution in [3.63, 3.8) is 0 Å². The summed E-state index contributed by atoms with van der Waals surface area (Å²) >= 11 is 0. The van der Waals surface area contributed by atoms with Crippen LogP contribution in [-0.2, 0) is 0 Å². The minimum absolute atomic E-state index is 0.175. The fourth-order valence-electron chi connectivity index (χ4n) is 3.61. The SMILES string of the molecule is O=C1NC(C2CCCCC2)CN1C1CCNC1. The molecule has 4 heteroatoms. The number of urea groups is 1. The van der Waals surface area contributed by atoms with Gasteiger partial charge in [-0.2, -0.15) is 0 Å². The molecule has 2 heterocycles. The molecule has 3 fully saturated rings. The highest BCUT2D eigenvalue weighted by atomic mass is 16.2. The quantitative estimate of drug-likeness (QED) is 0.761. The predicted octanol–water partition coefficient (Wildman–Crippen LogP) is 1.32. The number of hydrogen-bond acceptors (Lipinski definition) is 2. The van der Waals surface area contributed by atoms with Gasteiger partial charge in [0.1, 0.15) is 0 Å². The Bertz CT molecular complexity index is 282. The Morgan fingerprint density at radius 3 is 2.65 bits per heavy atom. The standard InChI is InChI=1S/C13H23N3O/c17-13-15-12(10-4-2-1-3-5-10)9-16(13)11-6-7-14-8-11/h10-12,14H,1-9H2,(H,15,17). The molecular formula is C13H23N3O. The summed E-state index contributed by atoms with van der Waals surface area (Å²) in [6.45, 7) is 2.98. The molecule has 3 aliphatic rings. The molecule has 0 radical (unpaired) electrons. The maximum absolute atomic E-state index is 12.0. The lowest BCUT2D eigenvalue weighted by molar-refractivity contribution is 0.200. The van der Waals surface area contributed by atoms with Crippen LogP contribution in [0.3, 0.4) is 0 Å². The van der Waals surface area contributed by atoms with Gasteiger partial charge in [0.05, 0.1) is 6.04 Å². The van der Waals surface area contributed by atoms with Gasteiger partial charge in [-0.15, -0.1) is 0 Å². The number of amides is 2. The summed E-state index contributed by atoms with van der Waals surface area (Å²) in [5, 5.41) is 6.55. The Hall–Kier alpha value is -0.770. The van der Waals surface area contributed by atoms with Crippen LogP contribution in [0, 0.1) is 5.92 Å². The van der Waals surface area contributed by atoms with E-state index in [1.807, 2.05) is 0 Å².